The van der Waals surface area contributed by atoms with Crippen LogP contribution in [-0.2, 0) is 6.54 Å². The lowest BCUT2D eigenvalue weighted by molar-refractivity contribution is 0.731. The SMILES string of the molecule is CCSCCNCc1cccc(C)c1. The number of rotatable bonds is 6. The van der Waals surface area contributed by atoms with Crippen LogP contribution >= 0.6 is 11.8 Å². The lowest BCUT2D eigenvalue weighted by Crippen LogP contribution is -2.16. The summed E-state index contributed by atoms with van der Waals surface area (Å²) < 4.78 is 0. The average Bonchev–Trinajstić information content (AvgIpc) is 2.18. The predicted octanol–water partition coefficient (Wildman–Crippen LogP) is 2.84. The lowest BCUT2D eigenvalue weighted by Gasteiger charge is -2.04. The Morgan fingerprint density at radius 2 is 2.21 bits per heavy atom. The van der Waals surface area contributed by atoms with Crippen LogP contribution in [0.4, 0.5) is 0 Å². The first-order valence-electron chi connectivity index (χ1n) is 5.17. The standard InChI is InChI=1S/C12H19NS/c1-3-14-8-7-13-10-12-6-4-5-11(2)9-12/h4-6,9,13H,3,7-8,10H2,1-2H3. The van der Waals surface area contributed by atoms with E-state index < -0.39 is 0 Å². The first kappa shape index (κ1) is 11.6. The second-order valence-electron chi connectivity index (χ2n) is 3.36. The van der Waals surface area contributed by atoms with Crippen LogP contribution < -0.4 is 5.32 Å². The Morgan fingerprint density at radius 1 is 1.36 bits per heavy atom. The van der Waals surface area contributed by atoms with Crippen LogP contribution in [0.15, 0.2) is 24.3 Å². The highest BCUT2D eigenvalue weighted by Gasteiger charge is 1.92. The van der Waals surface area contributed by atoms with E-state index in [0.29, 0.717) is 0 Å². The summed E-state index contributed by atoms with van der Waals surface area (Å²) in [6, 6.07) is 8.66. The fourth-order valence-corrected chi connectivity index (χ4v) is 1.92. The van der Waals surface area contributed by atoms with Crippen molar-refractivity contribution in [1.29, 1.82) is 0 Å². The van der Waals surface area contributed by atoms with E-state index in [1.807, 2.05) is 11.8 Å². The summed E-state index contributed by atoms with van der Waals surface area (Å²) in [6.45, 7) is 6.43. The summed E-state index contributed by atoms with van der Waals surface area (Å²) in [4.78, 5) is 0. The first-order chi connectivity index (χ1) is 6.83. The monoisotopic (exact) mass is 209 g/mol. The molecule has 0 aliphatic rings. The fourth-order valence-electron chi connectivity index (χ4n) is 1.34. The molecule has 0 heterocycles. The number of thioether (sulfide) groups is 1. The number of benzene rings is 1. The van der Waals surface area contributed by atoms with E-state index in [1.165, 1.54) is 22.6 Å². The van der Waals surface area contributed by atoms with Crippen molar-refractivity contribution in [2.24, 2.45) is 0 Å². The summed E-state index contributed by atoms with van der Waals surface area (Å²) in [5.41, 5.74) is 2.72. The van der Waals surface area contributed by atoms with Gasteiger partial charge in [-0.25, -0.2) is 0 Å². The maximum Gasteiger partial charge on any atom is 0.0205 e. The highest BCUT2D eigenvalue weighted by molar-refractivity contribution is 7.99. The van der Waals surface area contributed by atoms with Gasteiger partial charge in [-0.1, -0.05) is 36.8 Å². The Bertz CT molecular complexity index is 260. The van der Waals surface area contributed by atoms with E-state index in [0.717, 1.165) is 13.1 Å². The summed E-state index contributed by atoms with van der Waals surface area (Å²) in [5, 5.41) is 3.44. The van der Waals surface area contributed by atoms with Crippen LogP contribution in [0.5, 0.6) is 0 Å². The third kappa shape index (κ3) is 4.68. The molecule has 0 fully saturated rings. The molecule has 0 radical (unpaired) electrons. The zero-order valence-electron chi connectivity index (χ0n) is 9.05. The van der Waals surface area contributed by atoms with Crippen LogP contribution in [0.2, 0.25) is 0 Å². The number of hydrogen-bond acceptors (Lipinski definition) is 2. The van der Waals surface area contributed by atoms with Crippen LogP contribution in [0.1, 0.15) is 18.1 Å². The van der Waals surface area contributed by atoms with Gasteiger partial charge in [0.25, 0.3) is 0 Å². The quantitative estimate of drug-likeness (QED) is 0.723. The van der Waals surface area contributed by atoms with E-state index in [-0.39, 0.29) is 0 Å². The van der Waals surface area contributed by atoms with Gasteiger partial charge in [0.1, 0.15) is 0 Å². The minimum Gasteiger partial charge on any atom is -0.312 e. The third-order valence-corrected chi connectivity index (χ3v) is 2.94. The van der Waals surface area contributed by atoms with Crippen molar-refractivity contribution < 1.29 is 0 Å². The molecule has 0 aliphatic carbocycles. The van der Waals surface area contributed by atoms with Gasteiger partial charge in [-0.15, -0.1) is 0 Å². The Balaban J connectivity index is 2.18. The largest absolute Gasteiger partial charge is 0.312 e. The fraction of sp³-hybridized carbons (Fsp3) is 0.500. The smallest absolute Gasteiger partial charge is 0.0205 e. The Morgan fingerprint density at radius 3 is 2.93 bits per heavy atom. The molecule has 2 heteroatoms. The Labute approximate surface area is 91.3 Å². The van der Waals surface area contributed by atoms with Crippen molar-refractivity contribution >= 4 is 11.8 Å². The molecule has 0 aromatic heterocycles. The highest BCUT2D eigenvalue weighted by Crippen LogP contribution is 2.03. The zero-order valence-corrected chi connectivity index (χ0v) is 9.86. The van der Waals surface area contributed by atoms with Crippen molar-refractivity contribution in [1.82, 2.24) is 5.32 Å². The molecule has 0 bridgehead atoms. The van der Waals surface area contributed by atoms with Gasteiger partial charge in [0.2, 0.25) is 0 Å². The van der Waals surface area contributed by atoms with Gasteiger partial charge in [-0.2, -0.15) is 11.8 Å². The molecule has 1 aromatic carbocycles. The highest BCUT2D eigenvalue weighted by atomic mass is 32.2. The lowest BCUT2D eigenvalue weighted by atomic mass is 10.1. The van der Waals surface area contributed by atoms with Gasteiger partial charge in [-0.05, 0) is 18.2 Å². The second-order valence-corrected chi connectivity index (χ2v) is 4.76. The number of nitrogens with one attached hydrogen (secondary N) is 1. The molecule has 0 saturated heterocycles. The summed E-state index contributed by atoms with van der Waals surface area (Å²) >= 11 is 1.98. The van der Waals surface area contributed by atoms with Gasteiger partial charge in [0.15, 0.2) is 0 Å². The van der Waals surface area contributed by atoms with E-state index in [2.05, 4.69) is 43.4 Å². The molecule has 0 atom stereocenters. The third-order valence-electron chi connectivity index (χ3n) is 2.04. The molecule has 0 saturated carbocycles. The van der Waals surface area contributed by atoms with Crippen LogP contribution in [0.3, 0.4) is 0 Å². The predicted molar refractivity (Wildman–Crippen MR) is 65.9 cm³/mol. The van der Waals surface area contributed by atoms with E-state index >= 15 is 0 Å². The van der Waals surface area contributed by atoms with Crippen molar-refractivity contribution in [2.45, 2.75) is 20.4 Å². The molecule has 1 nitrogen and oxygen atoms in total. The maximum atomic E-state index is 3.44. The minimum atomic E-state index is 0.992. The van der Waals surface area contributed by atoms with Crippen molar-refractivity contribution in [3.8, 4) is 0 Å². The second kappa shape index (κ2) is 6.91. The van der Waals surface area contributed by atoms with Crippen molar-refractivity contribution in [3.63, 3.8) is 0 Å². The molecular formula is C12H19NS. The normalized spacial score (nSPS) is 10.4. The topological polar surface area (TPSA) is 12.0 Å². The number of hydrogen-bond donors (Lipinski definition) is 1. The maximum absolute atomic E-state index is 3.44. The molecule has 1 rings (SSSR count). The van der Waals surface area contributed by atoms with Gasteiger partial charge in [0.05, 0.1) is 0 Å². The van der Waals surface area contributed by atoms with E-state index in [9.17, 15) is 0 Å². The van der Waals surface area contributed by atoms with Crippen molar-refractivity contribution in [2.75, 3.05) is 18.1 Å². The summed E-state index contributed by atoms with van der Waals surface area (Å²) in [7, 11) is 0. The molecule has 1 N–H and O–H groups in total. The molecular weight excluding hydrogens is 190 g/mol. The zero-order chi connectivity index (χ0) is 10.2. The molecule has 0 unspecified atom stereocenters. The van der Waals surface area contributed by atoms with Gasteiger partial charge in [-0.3, -0.25) is 0 Å². The first-order valence-corrected chi connectivity index (χ1v) is 6.32. The molecule has 0 amide bonds. The Kier molecular flexibility index (Phi) is 5.72. The van der Waals surface area contributed by atoms with E-state index in [4.69, 9.17) is 0 Å². The van der Waals surface area contributed by atoms with Crippen molar-refractivity contribution in [3.05, 3.63) is 35.4 Å². The van der Waals surface area contributed by atoms with Gasteiger partial charge in [0, 0.05) is 18.8 Å². The van der Waals surface area contributed by atoms with Gasteiger partial charge >= 0.3 is 0 Å². The summed E-state index contributed by atoms with van der Waals surface area (Å²) in [5.74, 6) is 2.43. The van der Waals surface area contributed by atoms with Gasteiger partial charge < -0.3 is 5.32 Å². The van der Waals surface area contributed by atoms with Crippen LogP contribution in [0, 0.1) is 6.92 Å². The number of aryl methyl sites for hydroxylation is 1. The molecule has 0 aliphatic heterocycles. The molecule has 1 aromatic rings. The van der Waals surface area contributed by atoms with Crippen LogP contribution in [-0.4, -0.2) is 18.1 Å². The molecule has 0 spiro atoms. The van der Waals surface area contributed by atoms with Crippen LogP contribution in [0.25, 0.3) is 0 Å². The molecule has 78 valence electrons. The molecule has 14 heavy (non-hydrogen) atoms. The average molecular weight is 209 g/mol. The van der Waals surface area contributed by atoms with E-state index in [1.54, 1.807) is 0 Å². The Hall–Kier alpha value is -0.470. The minimum absolute atomic E-state index is 0.992. The summed E-state index contributed by atoms with van der Waals surface area (Å²) in [6.07, 6.45) is 0.